The highest BCUT2D eigenvalue weighted by molar-refractivity contribution is 7.10. The van der Waals surface area contributed by atoms with Crippen molar-refractivity contribution in [2.24, 2.45) is 4.99 Å². The fourth-order valence-electron chi connectivity index (χ4n) is 2.52. The van der Waals surface area contributed by atoms with Gasteiger partial charge in [-0.1, -0.05) is 19.1 Å². The number of guanidine groups is 1. The van der Waals surface area contributed by atoms with Gasteiger partial charge in [-0.3, -0.25) is 0 Å². The average Bonchev–Trinajstić information content (AvgIpc) is 3.19. The van der Waals surface area contributed by atoms with Crippen molar-refractivity contribution >= 4 is 17.3 Å². The number of aliphatic imine (C=N–C) groups is 1. The molecule has 1 atom stereocenters. The van der Waals surface area contributed by atoms with E-state index in [0.29, 0.717) is 19.1 Å². The molecule has 0 spiro atoms. The third-order valence-corrected chi connectivity index (χ3v) is 5.00. The van der Waals surface area contributed by atoms with E-state index in [9.17, 15) is 0 Å². The molecule has 26 heavy (non-hydrogen) atoms. The third kappa shape index (κ3) is 5.95. The molecule has 0 saturated heterocycles. The van der Waals surface area contributed by atoms with Gasteiger partial charge < -0.3 is 20.1 Å². The van der Waals surface area contributed by atoms with Crippen LogP contribution in [-0.4, -0.2) is 32.8 Å². The summed E-state index contributed by atoms with van der Waals surface area (Å²) < 4.78 is 11.0. The number of thiophene rings is 1. The molecule has 0 aliphatic carbocycles. The first-order valence-electron chi connectivity index (χ1n) is 9.03. The second-order valence-electron chi connectivity index (χ2n) is 5.91. The minimum atomic E-state index is 0.449. The molecule has 6 heteroatoms. The Hall–Kier alpha value is -2.21. The number of nitrogens with zero attached hydrogens (tertiary/aromatic N) is 1. The molecular formula is C20H29N3O2S. The number of rotatable bonds is 9. The van der Waals surface area contributed by atoms with Crippen LogP contribution in [0.5, 0.6) is 11.5 Å². The Labute approximate surface area is 160 Å². The molecular weight excluding hydrogens is 346 g/mol. The van der Waals surface area contributed by atoms with E-state index in [0.717, 1.165) is 36.1 Å². The zero-order valence-corrected chi connectivity index (χ0v) is 16.9. The van der Waals surface area contributed by atoms with Gasteiger partial charge in [0, 0.05) is 23.9 Å². The van der Waals surface area contributed by atoms with E-state index in [1.807, 2.05) is 25.1 Å². The topological polar surface area (TPSA) is 54.9 Å². The Morgan fingerprint density at radius 1 is 1.19 bits per heavy atom. The summed E-state index contributed by atoms with van der Waals surface area (Å²) in [4.78, 5) is 6.07. The van der Waals surface area contributed by atoms with Gasteiger partial charge >= 0.3 is 0 Å². The van der Waals surface area contributed by atoms with Crippen molar-refractivity contribution in [3.05, 3.63) is 46.2 Å². The largest absolute Gasteiger partial charge is 0.493 e. The molecule has 5 nitrogen and oxygen atoms in total. The first-order chi connectivity index (χ1) is 12.7. The second-order valence-corrected chi connectivity index (χ2v) is 6.89. The number of hydrogen-bond acceptors (Lipinski definition) is 4. The van der Waals surface area contributed by atoms with Crippen LogP contribution in [0.15, 0.2) is 40.7 Å². The van der Waals surface area contributed by atoms with Gasteiger partial charge in [0.05, 0.1) is 20.3 Å². The number of ether oxygens (including phenoxy) is 2. The molecule has 0 radical (unpaired) electrons. The maximum Gasteiger partial charge on any atom is 0.191 e. The maximum atomic E-state index is 5.64. The Balaban J connectivity index is 2.00. The van der Waals surface area contributed by atoms with Crippen LogP contribution in [0.25, 0.3) is 0 Å². The molecule has 2 N–H and O–H groups in total. The van der Waals surface area contributed by atoms with Crippen LogP contribution < -0.4 is 20.1 Å². The van der Waals surface area contributed by atoms with Crippen molar-refractivity contribution in [1.29, 1.82) is 0 Å². The molecule has 0 fully saturated rings. The Morgan fingerprint density at radius 3 is 2.69 bits per heavy atom. The van der Waals surface area contributed by atoms with Gasteiger partial charge in [0.15, 0.2) is 17.5 Å². The maximum absolute atomic E-state index is 5.64. The fourth-order valence-corrected chi connectivity index (χ4v) is 3.31. The summed E-state index contributed by atoms with van der Waals surface area (Å²) in [6, 6.07) is 10.2. The lowest BCUT2D eigenvalue weighted by Gasteiger charge is -2.15. The van der Waals surface area contributed by atoms with Gasteiger partial charge in [-0.15, -0.1) is 11.3 Å². The lowest BCUT2D eigenvalue weighted by atomic mass is 10.1. The van der Waals surface area contributed by atoms with E-state index in [1.54, 1.807) is 18.4 Å². The van der Waals surface area contributed by atoms with Crippen molar-refractivity contribution < 1.29 is 9.47 Å². The van der Waals surface area contributed by atoms with E-state index < -0.39 is 0 Å². The third-order valence-electron chi connectivity index (χ3n) is 3.90. The highest BCUT2D eigenvalue weighted by Crippen LogP contribution is 2.28. The van der Waals surface area contributed by atoms with Crippen molar-refractivity contribution in [2.45, 2.75) is 33.2 Å². The van der Waals surface area contributed by atoms with Crippen LogP contribution in [0.4, 0.5) is 0 Å². The number of methoxy groups -OCH3 is 1. The van der Waals surface area contributed by atoms with Gasteiger partial charge in [0.1, 0.15) is 0 Å². The second kappa shape index (κ2) is 10.7. The van der Waals surface area contributed by atoms with Gasteiger partial charge in [-0.05, 0) is 43.0 Å². The molecule has 2 aromatic rings. The van der Waals surface area contributed by atoms with Crippen molar-refractivity contribution in [1.82, 2.24) is 10.6 Å². The molecule has 0 saturated carbocycles. The minimum absolute atomic E-state index is 0.449. The fraction of sp³-hybridized carbons (Fsp3) is 0.450. The summed E-state index contributed by atoms with van der Waals surface area (Å²) in [7, 11) is 1.65. The van der Waals surface area contributed by atoms with Crippen molar-refractivity contribution in [3.8, 4) is 11.5 Å². The van der Waals surface area contributed by atoms with Crippen LogP contribution in [0, 0.1) is 0 Å². The SMILES string of the molecule is CCNC(=NCc1ccc(OC)c(OCC)c1)NCC(C)c1cccs1. The normalized spacial score (nSPS) is 12.5. The Morgan fingerprint density at radius 2 is 2.04 bits per heavy atom. The number of benzene rings is 1. The van der Waals surface area contributed by atoms with Gasteiger partial charge in [0.2, 0.25) is 0 Å². The van der Waals surface area contributed by atoms with Crippen LogP contribution >= 0.6 is 11.3 Å². The monoisotopic (exact) mass is 375 g/mol. The standard InChI is InChI=1S/C20H29N3O2S/c1-5-21-20(22-13-15(3)19-8-7-11-26-19)23-14-16-9-10-17(24-4)18(12-16)25-6-2/h7-12,15H,5-6,13-14H2,1-4H3,(H2,21,22,23). The first-order valence-corrected chi connectivity index (χ1v) is 9.91. The van der Waals surface area contributed by atoms with Gasteiger partial charge in [-0.2, -0.15) is 0 Å². The molecule has 1 aromatic heterocycles. The number of hydrogen-bond donors (Lipinski definition) is 2. The highest BCUT2D eigenvalue weighted by atomic mass is 32.1. The predicted octanol–water partition coefficient (Wildman–Crippen LogP) is 4.01. The molecule has 1 aromatic carbocycles. The Kier molecular flexibility index (Phi) is 8.28. The van der Waals surface area contributed by atoms with Gasteiger partial charge in [-0.25, -0.2) is 4.99 Å². The predicted molar refractivity (Wildman–Crippen MR) is 110 cm³/mol. The zero-order valence-electron chi connectivity index (χ0n) is 16.0. The molecule has 0 aliphatic rings. The van der Waals surface area contributed by atoms with Crippen LogP contribution in [0.2, 0.25) is 0 Å². The van der Waals surface area contributed by atoms with Crippen LogP contribution in [0.1, 0.15) is 37.1 Å². The summed E-state index contributed by atoms with van der Waals surface area (Å²) in [6.07, 6.45) is 0. The molecule has 1 heterocycles. The molecule has 2 rings (SSSR count). The van der Waals surface area contributed by atoms with E-state index in [2.05, 4.69) is 42.0 Å². The lowest BCUT2D eigenvalue weighted by Crippen LogP contribution is -2.39. The summed E-state index contributed by atoms with van der Waals surface area (Å²) in [5.74, 6) is 2.77. The quantitative estimate of drug-likeness (QED) is 0.513. The average molecular weight is 376 g/mol. The molecule has 142 valence electrons. The zero-order chi connectivity index (χ0) is 18.8. The summed E-state index contributed by atoms with van der Waals surface area (Å²) in [5, 5.41) is 8.85. The highest BCUT2D eigenvalue weighted by Gasteiger charge is 2.08. The van der Waals surface area contributed by atoms with Crippen molar-refractivity contribution in [2.75, 3.05) is 26.8 Å². The van der Waals surface area contributed by atoms with Crippen molar-refractivity contribution in [3.63, 3.8) is 0 Å². The first kappa shape index (κ1) is 20.1. The summed E-state index contributed by atoms with van der Waals surface area (Å²) in [6.45, 7) is 9.11. The minimum Gasteiger partial charge on any atom is -0.493 e. The van der Waals surface area contributed by atoms with E-state index in [-0.39, 0.29) is 0 Å². The molecule has 0 amide bonds. The number of nitrogens with one attached hydrogen (secondary N) is 2. The lowest BCUT2D eigenvalue weighted by molar-refractivity contribution is 0.310. The van der Waals surface area contributed by atoms with E-state index in [1.165, 1.54) is 4.88 Å². The summed E-state index contributed by atoms with van der Waals surface area (Å²) in [5.41, 5.74) is 1.08. The van der Waals surface area contributed by atoms with Crippen LogP contribution in [0.3, 0.4) is 0 Å². The molecule has 0 aliphatic heterocycles. The summed E-state index contributed by atoms with van der Waals surface area (Å²) >= 11 is 1.79. The van der Waals surface area contributed by atoms with E-state index >= 15 is 0 Å². The van der Waals surface area contributed by atoms with Gasteiger partial charge in [0.25, 0.3) is 0 Å². The van der Waals surface area contributed by atoms with E-state index in [4.69, 9.17) is 14.5 Å². The smallest absolute Gasteiger partial charge is 0.191 e. The van der Waals surface area contributed by atoms with Crippen LogP contribution in [-0.2, 0) is 6.54 Å². The molecule has 1 unspecified atom stereocenters. The molecule has 0 bridgehead atoms. The Bertz CT molecular complexity index is 686.